The van der Waals surface area contributed by atoms with Gasteiger partial charge in [-0.25, -0.2) is 0 Å². The molecule has 3 heteroatoms. The van der Waals surface area contributed by atoms with Gasteiger partial charge in [-0.15, -0.1) is 0 Å². The summed E-state index contributed by atoms with van der Waals surface area (Å²) in [4.78, 5) is 0. The van der Waals surface area contributed by atoms with E-state index in [1.165, 1.54) is 0 Å². The first-order valence-corrected chi connectivity index (χ1v) is 6.26. The minimum Gasteiger partial charge on any atom is -0.392 e. The lowest BCUT2D eigenvalue weighted by atomic mass is 9.96. The van der Waals surface area contributed by atoms with Gasteiger partial charge >= 0.3 is 0 Å². The van der Waals surface area contributed by atoms with Crippen molar-refractivity contribution in [2.75, 3.05) is 0 Å². The van der Waals surface area contributed by atoms with Crippen LogP contribution in [-0.4, -0.2) is 21.0 Å². The average molecular weight is 224 g/mol. The maximum atomic E-state index is 10.0. The van der Waals surface area contributed by atoms with Gasteiger partial charge in [-0.2, -0.15) is 5.10 Å². The Morgan fingerprint density at radius 3 is 2.56 bits per heavy atom. The monoisotopic (exact) mass is 224 g/mol. The third-order valence-corrected chi connectivity index (χ3v) is 3.01. The summed E-state index contributed by atoms with van der Waals surface area (Å²) in [6, 6.07) is 2.39. The summed E-state index contributed by atoms with van der Waals surface area (Å²) >= 11 is 0. The van der Waals surface area contributed by atoms with Crippen molar-refractivity contribution in [3.63, 3.8) is 0 Å². The van der Waals surface area contributed by atoms with Crippen LogP contribution in [0, 0.1) is 5.92 Å². The average Bonchev–Trinajstić information content (AvgIpc) is 2.66. The number of hydrogen-bond donors (Lipinski definition) is 1. The molecule has 1 N–H and O–H groups in total. The zero-order chi connectivity index (χ0) is 12.1. The first-order chi connectivity index (χ1) is 7.54. The summed E-state index contributed by atoms with van der Waals surface area (Å²) in [7, 11) is 0. The van der Waals surface area contributed by atoms with Crippen LogP contribution in [-0.2, 0) is 6.42 Å². The molecule has 0 aliphatic heterocycles. The second-order valence-corrected chi connectivity index (χ2v) is 4.92. The smallest absolute Gasteiger partial charge is 0.0650 e. The SMILES string of the molecule is CCCC(C)C(O)Cc1ccn(C(C)C)n1. The van der Waals surface area contributed by atoms with Crippen molar-refractivity contribution >= 4 is 0 Å². The number of rotatable bonds is 6. The van der Waals surface area contributed by atoms with E-state index in [2.05, 4.69) is 32.8 Å². The fraction of sp³-hybridized carbons (Fsp3) is 0.769. The summed E-state index contributed by atoms with van der Waals surface area (Å²) in [5.41, 5.74) is 0.990. The largest absolute Gasteiger partial charge is 0.392 e. The van der Waals surface area contributed by atoms with E-state index in [1.807, 2.05) is 16.9 Å². The van der Waals surface area contributed by atoms with Gasteiger partial charge < -0.3 is 5.11 Å². The lowest BCUT2D eigenvalue weighted by Crippen LogP contribution is -2.20. The summed E-state index contributed by atoms with van der Waals surface area (Å²) < 4.78 is 1.94. The predicted molar refractivity (Wildman–Crippen MR) is 66.4 cm³/mol. The van der Waals surface area contributed by atoms with Gasteiger partial charge in [0.15, 0.2) is 0 Å². The highest BCUT2D eigenvalue weighted by molar-refractivity contribution is 5.01. The first kappa shape index (κ1) is 13.2. The van der Waals surface area contributed by atoms with Crippen LogP contribution in [0.4, 0.5) is 0 Å². The van der Waals surface area contributed by atoms with E-state index in [4.69, 9.17) is 0 Å². The van der Waals surface area contributed by atoms with Gasteiger partial charge in [0.1, 0.15) is 0 Å². The van der Waals surface area contributed by atoms with Crippen molar-refractivity contribution in [2.24, 2.45) is 5.92 Å². The van der Waals surface area contributed by atoms with Gasteiger partial charge in [0, 0.05) is 18.7 Å². The normalized spacial score (nSPS) is 15.4. The minimum atomic E-state index is -0.268. The van der Waals surface area contributed by atoms with Gasteiger partial charge in [-0.3, -0.25) is 4.68 Å². The predicted octanol–water partition coefficient (Wildman–Crippen LogP) is 2.80. The molecule has 92 valence electrons. The first-order valence-electron chi connectivity index (χ1n) is 6.26. The molecule has 1 aromatic heterocycles. The van der Waals surface area contributed by atoms with Crippen molar-refractivity contribution < 1.29 is 5.11 Å². The lowest BCUT2D eigenvalue weighted by molar-refractivity contribution is 0.110. The van der Waals surface area contributed by atoms with Crippen LogP contribution in [0.15, 0.2) is 12.3 Å². The topological polar surface area (TPSA) is 38.0 Å². The van der Waals surface area contributed by atoms with E-state index < -0.39 is 0 Å². The minimum absolute atomic E-state index is 0.268. The highest BCUT2D eigenvalue weighted by Crippen LogP contribution is 2.15. The molecule has 1 rings (SSSR count). The van der Waals surface area contributed by atoms with Crippen molar-refractivity contribution in [3.8, 4) is 0 Å². The molecule has 0 spiro atoms. The molecule has 0 aliphatic carbocycles. The van der Waals surface area contributed by atoms with Crippen LogP contribution < -0.4 is 0 Å². The second kappa shape index (κ2) is 6.04. The molecule has 1 heterocycles. The highest BCUT2D eigenvalue weighted by atomic mass is 16.3. The summed E-state index contributed by atoms with van der Waals surface area (Å²) in [6.45, 7) is 8.46. The molecule has 3 nitrogen and oxygen atoms in total. The fourth-order valence-corrected chi connectivity index (χ4v) is 1.84. The Kier molecular flexibility index (Phi) is 5.00. The second-order valence-electron chi connectivity index (χ2n) is 4.92. The molecule has 2 unspecified atom stereocenters. The Bertz CT molecular complexity index is 307. The molecule has 2 atom stereocenters. The molecule has 0 saturated carbocycles. The van der Waals surface area contributed by atoms with Gasteiger partial charge in [0.2, 0.25) is 0 Å². The van der Waals surface area contributed by atoms with Gasteiger partial charge in [0.05, 0.1) is 11.8 Å². The van der Waals surface area contributed by atoms with E-state index in [1.54, 1.807) is 0 Å². The molecule has 0 amide bonds. The maximum Gasteiger partial charge on any atom is 0.0650 e. The van der Waals surface area contributed by atoms with Crippen LogP contribution in [0.1, 0.15) is 52.3 Å². The number of hydrogen-bond acceptors (Lipinski definition) is 2. The number of aliphatic hydroxyl groups excluding tert-OH is 1. The lowest BCUT2D eigenvalue weighted by Gasteiger charge is -2.16. The van der Waals surface area contributed by atoms with E-state index in [0.717, 1.165) is 18.5 Å². The maximum absolute atomic E-state index is 10.0. The number of aromatic nitrogens is 2. The van der Waals surface area contributed by atoms with Gasteiger partial charge in [0.25, 0.3) is 0 Å². The van der Waals surface area contributed by atoms with E-state index in [-0.39, 0.29) is 6.10 Å². The molecule has 1 aromatic rings. The molecular formula is C13H24N2O. The molecule has 0 bridgehead atoms. The summed E-state index contributed by atoms with van der Waals surface area (Å²) in [5, 5.41) is 14.4. The zero-order valence-electron chi connectivity index (χ0n) is 10.8. The van der Waals surface area contributed by atoms with E-state index in [9.17, 15) is 5.11 Å². The Morgan fingerprint density at radius 1 is 1.38 bits per heavy atom. The Labute approximate surface area is 98.5 Å². The summed E-state index contributed by atoms with van der Waals surface area (Å²) in [5.74, 6) is 0.356. The van der Waals surface area contributed by atoms with Crippen LogP contribution >= 0.6 is 0 Å². The van der Waals surface area contributed by atoms with Crippen LogP contribution in [0.5, 0.6) is 0 Å². The van der Waals surface area contributed by atoms with Crippen molar-refractivity contribution in [3.05, 3.63) is 18.0 Å². The fourth-order valence-electron chi connectivity index (χ4n) is 1.84. The molecule has 0 fully saturated rings. The van der Waals surface area contributed by atoms with Crippen molar-refractivity contribution in [2.45, 2.75) is 59.1 Å². The van der Waals surface area contributed by atoms with Gasteiger partial charge in [-0.05, 0) is 32.3 Å². The molecular weight excluding hydrogens is 200 g/mol. The zero-order valence-corrected chi connectivity index (χ0v) is 10.8. The van der Waals surface area contributed by atoms with Crippen LogP contribution in [0.25, 0.3) is 0 Å². The highest BCUT2D eigenvalue weighted by Gasteiger charge is 2.15. The van der Waals surface area contributed by atoms with Crippen molar-refractivity contribution in [1.29, 1.82) is 0 Å². The summed E-state index contributed by atoms with van der Waals surface area (Å²) in [6.07, 6.45) is 4.58. The Balaban J connectivity index is 2.52. The molecule has 0 saturated heterocycles. The Hall–Kier alpha value is -0.830. The van der Waals surface area contributed by atoms with Crippen LogP contribution in [0.3, 0.4) is 0 Å². The molecule has 0 radical (unpaired) electrons. The Morgan fingerprint density at radius 2 is 2.06 bits per heavy atom. The third kappa shape index (κ3) is 3.63. The molecule has 0 aliphatic rings. The quantitative estimate of drug-likeness (QED) is 0.807. The van der Waals surface area contributed by atoms with Crippen molar-refractivity contribution in [1.82, 2.24) is 9.78 Å². The molecule has 0 aromatic carbocycles. The number of nitrogens with zero attached hydrogens (tertiary/aromatic N) is 2. The number of aliphatic hydroxyl groups is 1. The third-order valence-electron chi connectivity index (χ3n) is 3.01. The standard InChI is InChI=1S/C13H24N2O/c1-5-6-11(4)13(16)9-12-7-8-15(14-12)10(2)3/h7-8,10-11,13,16H,5-6,9H2,1-4H3. The van der Waals surface area contributed by atoms with Gasteiger partial charge in [-0.1, -0.05) is 20.3 Å². The van der Waals surface area contributed by atoms with Crippen LogP contribution in [0.2, 0.25) is 0 Å². The van der Waals surface area contributed by atoms with E-state index in [0.29, 0.717) is 18.4 Å². The molecule has 16 heavy (non-hydrogen) atoms. The van der Waals surface area contributed by atoms with E-state index >= 15 is 0 Å².